The number of methoxy groups -OCH3 is 2. The van der Waals surface area contributed by atoms with Gasteiger partial charge in [-0.05, 0) is 30.5 Å². The number of ether oxygens (including phenoxy) is 2. The normalized spacial score (nSPS) is 23.0. The second-order valence-corrected chi connectivity index (χ2v) is 7.14. The van der Waals surface area contributed by atoms with Crippen molar-refractivity contribution >= 4 is 23.6 Å². The van der Waals surface area contributed by atoms with E-state index in [0.717, 1.165) is 18.4 Å². The number of benzene rings is 1. The Morgan fingerprint density at radius 3 is 2.50 bits per heavy atom. The topological polar surface area (TPSA) is 67.9 Å². The molecule has 0 bridgehead atoms. The van der Waals surface area contributed by atoms with Crippen LogP contribution in [0.3, 0.4) is 0 Å². The van der Waals surface area contributed by atoms with Crippen molar-refractivity contribution in [2.45, 2.75) is 37.2 Å². The maximum atomic E-state index is 12.4. The molecule has 2 fully saturated rings. The Bertz CT molecular complexity index is 647. The number of rotatable bonds is 5. The molecule has 24 heavy (non-hydrogen) atoms. The molecule has 1 aliphatic heterocycles. The smallest absolute Gasteiger partial charge is 0.243 e. The summed E-state index contributed by atoms with van der Waals surface area (Å²) in [7, 11) is 3.17. The maximum absolute atomic E-state index is 12.4. The van der Waals surface area contributed by atoms with Crippen LogP contribution >= 0.6 is 11.8 Å². The lowest BCUT2D eigenvalue weighted by Crippen LogP contribution is -2.47. The molecule has 2 atom stereocenters. The fraction of sp³-hybridized carbons (Fsp3) is 0.529. The molecule has 1 aromatic rings. The third kappa shape index (κ3) is 3.31. The maximum Gasteiger partial charge on any atom is 0.243 e. The zero-order valence-electron chi connectivity index (χ0n) is 14.1. The van der Waals surface area contributed by atoms with E-state index in [-0.39, 0.29) is 23.2 Å². The van der Waals surface area contributed by atoms with E-state index in [1.807, 2.05) is 18.2 Å². The van der Waals surface area contributed by atoms with Gasteiger partial charge in [-0.1, -0.05) is 6.07 Å². The van der Waals surface area contributed by atoms with E-state index < -0.39 is 6.04 Å². The largest absolute Gasteiger partial charge is 0.493 e. The molecule has 1 saturated carbocycles. The van der Waals surface area contributed by atoms with E-state index >= 15 is 0 Å². The summed E-state index contributed by atoms with van der Waals surface area (Å²) in [6.07, 6.45) is 2.07. The number of hydrogen-bond donors (Lipinski definition) is 1. The Balaban J connectivity index is 1.84. The van der Waals surface area contributed by atoms with Gasteiger partial charge in [-0.2, -0.15) is 0 Å². The third-order valence-electron chi connectivity index (χ3n) is 4.28. The summed E-state index contributed by atoms with van der Waals surface area (Å²) < 4.78 is 10.6. The second kappa shape index (κ2) is 6.93. The van der Waals surface area contributed by atoms with Gasteiger partial charge >= 0.3 is 0 Å². The highest BCUT2D eigenvalue weighted by Crippen LogP contribution is 2.43. The Labute approximate surface area is 145 Å². The number of amides is 2. The first-order chi connectivity index (χ1) is 11.5. The van der Waals surface area contributed by atoms with Gasteiger partial charge in [0.25, 0.3) is 0 Å². The molecule has 0 spiro atoms. The number of carbonyl (C=O) groups is 2. The standard InChI is InChI=1S/C17H22N2O4S/c1-10(20)19-13(16(21)18-12-5-6-12)9-24-17(19)11-4-7-14(22-2)15(8-11)23-3/h4,7-8,12-13,17H,5-6,9H2,1-3H3,(H,18,21). The third-order valence-corrected chi connectivity index (χ3v) is 5.61. The summed E-state index contributed by atoms with van der Waals surface area (Å²) in [4.78, 5) is 26.3. The summed E-state index contributed by atoms with van der Waals surface area (Å²) >= 11 is 1.60. The monoisotopic (exact) mass is 350 g/mol. The molecule has 0 radical (unpaired) electrons. The first-order valence-corrected chi connectivity index (χ1v) is 9.02. The fourth-order valence-electron chi connectivity index (χ4n) is 2.88. The van der Waals surface area contributed by atoms with Crippen molar-refractivity contribution in [2.24, 2.45) is 0 Å². The molecule has 3 rings (SSSR count). The molecule has 130 valence electrons. The van der Waals surface area contributed by atoms with Gasteiger partial charge < -0.3 is 19.7 Å². The summed E-state index contributed by atoms with van der Waals surface area (Å²) in [6.45, 7) is 1.51. The average Bonchev–Trinajstić information content (AvgIpc) is 3.27. The lowest BCUT2D eigenvalue weighted by atomic mass is 10.1. The van der Waals surface area contributed by atoms with Crippen molar-refractivity contribution in [3.05, 3.63) is 23.8 Å². The summed E-state index contributed by atoms with van der Waals surface area (Å²) in [5, 5.41) is 2.81. The predicted molar refractivity (Wildman–Crippen MR) is 92.2 cm³/mol. The summed E-state index contributed by atoms with van der Waals surface area (Å²) in [5.74, 6) is 1.70. The van der Waals surface area contributed by atoms with Crippen molar-refractivity contribution in [2.75, 3.05) is 20.0 Å². The zero-order valence-corrected chi connectivity index (χ0v) is 14.9. The highest BCUT2D eigenvalue weighted by atomic mass is 32.2. The first kappa shape index (κ1) is 17.0. The van der Waals surface area contributed by atoms with E-state index in [1.54, 1.807) is 30.9 Å². The van der Waals surface area contributed by atoms with E-state index in [2.05, 4.69) is 5.32 Å². The van der Waals surface area contributed by atoms with Crippen molar-refractivity contribution in [1.82, 2.24) is 10.2 Å². The average molecular weight is 350 g/mol. The van der Waals surface area contributed by atoms with Gasteiger partial charge in [0.15, 0.2) is 11.5 Å². The van der Waals surface area contributed by atoms with Gasteiger partial charge in [0, 0.05) is 18.7 Å². The highest BCUT2D eigenvalue weighted by Gasteiger charge is 2.42. The van der Waals surface area contributed by atoms with Crippen LogP contribution in [0.5, 0.6) is 11.5 Å². The van der Waals surface area contributed by atoms with Crippen LogP contribution in [0.2, 0.25) is 0 Å². The Kier molecular flexibility index (Phi) is 4.89. The molecule has 2 amide bonds. The highest BCUT2D eigenvalue weighted by molar-refractivity contribution is 7.99. The van der Waals surface area contributed by atoms with Crippen LogP contribution in [-0.2, 0) is 9.59 Å². The molecule has 1 aromatic carbocycles. The van der Waals surface area contributed by atoms with Gasteiger partial charge in [0.2, 0.25) is 11.8 Å². The van der Waals surface area contributed by atoms with Gasteiger partial charge in [0.1, 0.15) is 11.4 Å². The van der Waals surface area contributed by atoms with E-state index in [9.17, 15) is 9.59 Å². The van der Waals surface area contributed by atoms with Crippen LogP contribution in [0.15, 0.2) is 18.2 Å². The van der Waals surface area contributed by atoms with E-state index in [1.165, 1.54) is 6.92 Å². The Morgan fingerprint density at radius 2 is 1.92 bits per heavy atom. The van der Waals surface area contributed by atoms with Gasteiger partial charge in [0.05, 0.1) is 14.2 Å². The van der Waals surface area contributed by atoms with Crippen LogP contribution < -0.4 is 14.8 Å². The number of thioether (sulfide) groups is 1. The molecule has 0 aromatic heterocycles. The van der Waals surface area contributed by atoms with E-state index in [4.69, 9.17) is 9.47 Å². The van der Waals surface area contributed by atoms with Gasteiger partial charge in [-0.15, -0.1) is 11.8 Å². The Morgan fingerprint density at radius 1 is 1.21 bits per heavy atom. The van der Waals surface area contributed by atoms with Crippen molar-refractivity contribution < 1.29 is 19.1 Å². The molecule has 7 heteroatoms. The number of nitrogens with one attached hydrogen (secondary N) is 1. The lowest BCUT2D eigenvalue weighted by Gasteiger charge is -2.28. The minimum atomic E-state index is -0.425. The fourth-order valence-corrected chi connectivity index (χ4v) is 4.35. The minimum Gasteiger partial charge on any atom is -0.493 e. The molecular weight excluding hydrogens is 328 g/mol. The summed E-state index contributed by atoms with van der Waals surface area (Å²) in [5.41, 5.74) is 0.926. The quantitative estimate of drug-likeness (QED) is 0.879. The molecular formula is C17H22N2O4S. The molecule has 1 N–H and O–H groups in total. The van der Waals surface area contributed by atoms with Crippen molar-refractivity contribution in [1.29, 1.82) is 0 Å². The Hall–Kier alpha value is -1.89. The van der Waals surface area contributed by atoms with Gasteiger partial charge in [-0.25, -0.2) is 0 Å². The first-order valence-electron chi connectivity index (χ1n) is 7.98. The molecule has 1 aliphatic carbocycles. The van der Waals surface area contributed by atoms with Crippen LogP contribution in [0.25, 0.3) is 0 Å². The van der Waals surface area contributed by atoms with E-state index in [0.29, 0.717) is 17.3 Å². The number of nitrogens with zero attached hydrogens (tertiary/aromatic N) is 1. The molecule has 2 unspecified atom stereocenters. The second-order valence-electron chi connectivity index (χ2n) is 6.03. The van der Waals surface area contributed by atoms with Crippen LogP contribution in [0, 0.1) is 0 Å². The molecule has 1 heterocycles. The SMILES string of the molecule is COc1ccc(C2SCC(C(=O)NC3CC3)N2C(C)=O)cc1OC. The zero-order chi connectivity index (χ0) is 17.3. The molecule has 1 saturated heterocycles. The minimum absolute atomic E-state index is 0.0526. The number of carbonyl (C=O) groups excluding carboxylic acids is 2. The van der Waals surface area contributed by atoms with Crippen molar-refractivity contribution in [3.8, 4) is 11.5 Å². The van der Waals surface area contributed by atoms with Crippen LogP contribution in [0.4, 0.5) is 0 Å². The summed E-state index contributed by atoms with van der Waals surface area (Å²) in [6, 6.07) is 5.47. The number of hydrogen-bond acceptors (Lipinski definition) is 5. The molecule has 6 nitrogen and oxygen atoms in total. The molecule has 2 aliphatic rings. The van der Waals surface area contributed by atoms with Crippen molar-refractivity contribution in [3.63, 3.8) is 0 Å². The van der Waals surface area contributed by atoms with Crippen LogP contribution in [-0.4, -0.2) is 48.8 Å². The van der Waals surface area contributed by atoms with Gasteiger partial charge in [-0.3, -0.25) is 9.59 Å². The predicted octanol–water partition coefficient (Wildman–Crippen LogP) is 1.94. The lowest BCUT2D eigenvalue weighted by molar-refractivity contribution is -0.138. The van der Waals surface area contributed by atoms with Crippen LogP contribution in [0.1, 0.15) is 30.7 Å².